The van der Waals surface area contributed by atoms with E-state index in [1.807, 2.05) is 6.07 Å². The Bertz CT molecular complexity index is 1290. The first kappa shape index (κ1) is 20.5. The summed E-state index contributed by atoms with van der Waals surface area (Å²) in [5.41, 5.74) is -0.912. The molecule has 4 rings (SSSR count). The fraction of sp³-hybridized carbons (Fsp3) is 0.286. The molecule has 0 aromatic carbocycles. The van der Waals surface area contributed by atoms with Gasteiger partial charge in [0.2, 0.25) is 15.0 Å². The maximum absolute atomic E-state index is 12.9. The van der Waals surface area contributed by atoms with Gasteiger partial charge in [0.15, 0.2) is 10.8 Å². The summed E-state index contributed by atoms with van der Waals surface area (Å²) >= 11 is 9.64. The van der Waals surface area contributed by atoms with Crippen LogP contribution in [-0.2, 0) is 16.2 Å². The fourth-order valence-corrected chi connectivity index (χ4v) is 5.65. The van der Waals surface area contributed by atoms with Crippen LogP contribution in [-0.4, -0.2) is 33.5 Å². The highest BCUT2D eigenvalue weighted by atomic mass is 79.9. The molecule has 1 saturated carbocycles. The minimum atomic E-state index is -4.67. The van der Waals surface area contributed by atoms with E-state index in [9.17, 15) is 21.6 Å². The first-order chi connectivity index (χ1) is 13.5. The number of hydrogen-bond acceptors (Lipinski definition) is 7. The van der Waals surface area contributed by atoms with Gasteiger partial charge in [0.05, 0.1) is 16.6 Å². The molecule has 1 N–H and O–H groups in total. The van der Waals surface area contributed by atoms with E-state index in [1.165, 1.54) is 10.5 Å². The number of nitrogens with zero attached hydrogens (tertiary/aromatic N) is 5. The zero-order valence-corrected chi connectivity index (χ0v) is 17.8. The number of sulfonamides is 1. The number of aromatic nitrogens is 4. The summed E-state index contributed by atoms with van der Waals surface area (Å²) in [6.45, 7) is 0. The number of hydrogen-bond donors (Lipinski definition) is 1. The van der Waals surface area contributed by atoms with Gasteiger partial charge in [-0.05, 0) is 34.8 Å². The van der Waals surface area contributed by atoms with Crippen molar-refractivity contribution < 1.29 is 21.6 Å². The van der Waals surface area contributed by atoms with Gasteiger partial charge in [0, 0.05) is 6.20 Å². The molecule has 0 aliphatic heterocycles. The molecule has 0 saturated heterocycles. The van der Waals surface area contributed by atoms with Crippen molar-refractivity contribution in [1.29, 1.82) is 5.26 Å². The van der Waals surface area contributed by atoms with Crippen molar-refractivity contribution in [2.24, 2.45) is 0 Å². The van der Waals surface area contributed by atoms with Gasteiger partial charge in [-0.1, -0.05) is 22.9 Å². The molecule has 3 heterocycles. The van der Waals surface area contributed by atoms with Crippen LogP contribution >= 0.6 is 38.9 Å². The Morgan fingerprint density at radius 1 is 1.38 bits per heavy atom. The van der Waals surface area contributed by atoms with Gasteiger partial charge in [-0.25, -0.2) is 13.4 Å². The number of alkyl halides is 3. The molecule has 8 nitrogen and oxygen atoms in total. The zero-order valence-electron chi connectivity index (χ0n) is 13.8. The highest BCUT2D eigenvalue weighted by molar-refractivity contribution is 9.10. The average Bonchev–Trinajstić information content (AvgIpc) is 3.05. The molecule has 1 aliphatic rings. The molecule has 0 bridgehead atoms. The van der Waals surface area contributed by atoms with Gasteiger partial charge >= 0.3 is 6.18 Å². The molecule has 1 aliphatic carbocycles. The van der Waals surface area contributed by atoms with Crippen LogP contribution in [0.2, 0.25) is 5.02 Å². The smallest absolute Gasteiger partial charge is 0.294 e. The molecule has 152 valence electrons. The lowest BCUT2D eigenvalue weighted by Gasteiger charge is -2.11. The lowest BCUT2D eigenvalue weighted by Crippen LogP contribution is -2.35. The summed E-state index contributed by atoms with van der Waals surface area (Å²) in [7, 11) is -4.12. The van der Waals surface area contributed by atoms with Crippen molar-refractivity contribution >= 4 is 54.4 Å². The van der Waals surface area contributed by atoms with Gasteiger partial charge in [0.1, 0.15) is 15.0 Å². The zero-order chi connectivity index (χ0) is 21.2. The molecular formula is C14H7BrClF3N6O2S2. The summed E-state index contributed by atoms with van der Waals surface area (Å²) in [6, 6.07) is 3.09. The quantitative estimate of drug-likeness (QED) is 0.554. The minimum Gasteiger partial charge on any atom is -0.294 e. The molecular weight excluding hydrogens is 521 g/mol. The summed E-state index contributed by atoms with van der Waals surface area (Å²) in [5, 5.41) is 14.4. The molecule has 0 atom stereocenters. The normalized spacial score (nSPS) is 16.1. The molecule has 0 radical (unpaired) electrons. The van der Waals surface area contributed by atoms with Crippen molar-refractivity contribution in [2.45, 2.75) is 29.5 Å². The third-order valence-corrected chi connectivity index (χ3v) is 7.39. The van der Waals surface area contributed by atoms with E-state index >= 15 is 0 Å². The number of nitriles is 1. The molecule has 15 heteroatoms. The van der Waals surface area contributed by atoms with Crippen molar-refractivity contribution in [1.82, 2.24) is 24.3 Å². The molecule has 1 fully saturated rings. The lowest BCUT2D eigenvalue weighted by molar-refractivity contribution is -0.138. The Labute approximate surface area is 178 Å². The number of fused-ring (bicyclic) bond motifs is 1. The van der Waals surface area contributed by atoms with Crippen LogP contribution in [0.1, 0.15) is 17.8 Å². The maximum atomic E-state index is 12.9. The van der Waals surface area contributed by atoms with Crippen LogP contribution in [0, 0.1) is 11.3 Å². The second-order valence-corrected chi connectivity index (χ2v) is 10.00. The second-order valence-electron chi connectivity index (χ2n) is 6.18. The second kappa shape index (κ2) is 6.61. The number of rotatable bonds is 4. The van der Waals surface area contributed by atoms with Crippen molar-refractivity contribution in [3.05, 3.63) is 26.9 Å². The van der Waals surface area contributed by atoms with Gasteiger partial charge < -0.3 is 0 Å². The van der Waals surface area contributed by atoms with E-state index in [-0.39, 0.29) is 42.2 Å². The molecule has 3 aromatic heterocycles. The van der Waals surface area contributed by atoms with Crippen molar-refractivity contribution in [2.75, 3.05) is 0 Å². The Balaban J connectivity index is 1.86. The largest absolute Gasteiger partial charge is 0.445 e. The van der Waals surface area contributed by atoms with Crippen LogP contribution < -0.4 is 4.72 Å². The van der Waals surface area contributed by atoms with E-state index < -0.39 is 26.7 Å². The number of pyridine rings is 1. The minimum absolute atomic E-state index is 0.0131. The number of halogens is 5. The van der Waals surface area contributed by atoms with Crippen LogP contribution in [0.15, 0.2) is 21.8 Å². The predicted molar refractivity (Wildman–Crippen MR) is 99.7 cm³/mol. The predicted octanol–water partition coefficient (Wildman–Crippen LogP) is 3.62. The first-order valence-corrected chi connectivity index (χ1v) is 11.2. The van der Waals surface area contributed by atoms with Gasteiger partial charge in [-0.3, -0.25) is 4.40 Å². The summed E-state index contributed by atoms with van der Waals surface area (Å²) in [6.07, 6.45) is -2.76. The summed E-state index contributed by atoms with van der Waals surface area (Å²) in [5.74, 6) is -0.0692. The van der Waals surface area contributed by atoms with Gasteiger partial charge in [0.25, 0.3) is 0 Å². The van der Waals surface area contributed by atoms with E-state index in [2.05, 4.69) is 35.8 Å². The Hall–Kier alpha value is -1.79. The molecule has 0 amide bonds. The Morgan fingerprint density at radius 3 is 2.62 bits per heavy atom. The lowest BCUT2D eigenvalue weighted by atomic mass is 10.3. The molecule has 0 unspecified atom stereocenters. The van der Waals surface area contributed by atoms with E-state index in [0.717, 1.165) is 6.20 Å². The summed E-state index contributed by atoms with van der Waals surface area (Å²) in [4.78, 5) is 3.84. The first-order valence-electron chi connectivity index (χ1n) is 7.69. The van der Waals surface area contributed by atoms with E-state index in [1.54, 1.807) is 0 Å². The number of imidazole rings is 1. The van der Waals surface area contributed by atoms with E-state index in [0.29, 0.717) is 12.8 Å². The SMILES string of the molecule is N#CC1(NS(=O)(=O)c2cc(Cl)c3c(Br)nc(-c4nnc(C(F)(F)F)s4)n3c2)CC1. The maximum Gasteiger partial charge on any atom is 0.445 e. The van der Waals surface area contributed by atoms with Crippen molar-refractivity contribution in [3.63, 3.8) is 0 Å². The van der Waals surface area contributed by atoms with Crippen LogP contribution in [0.3, 0.4) is 0 Å². The third-order valence-electron chi connectivity index (χ3n) is 4.08. The van der Waals surface area contributed by atoms with Crippen molar-refractivity contribution in [3.8, 4) is 16.9 Å². The van der Waals surface area contributed by atoms with Gasteiger partial charge in [-0.2, -0.15) is 23.2 Å². The fourth-order valence-electron chi connectivity index (χ4n) is 2.51. The number of nitrogens with one attached hydrogen (secondary N) is 1. The molecule has 0 spiro atoms. The van der Waals surface area contributed by atoms with Crippen LogP contribution in [0.5, 0.6) is 0 Å². The van der Waals surface area contributed by atoms with E-state index in [4.69, 9.17) is 16.9 Å². The Morgan fingerprint density at radius 2 is 2.07 bits per heavy atom. The third kappa shape index (κ3) is 3.61. The topological polar surface area (TPSA) is 113 Å². The Kier molecular flexibility index (Phi) is 4.67. The standard InChI is InChI=1S/C14H7BrClF3N6O2S2/c15-9-8-7(16)3-6(29(26,27)24-13(5-20)1-2-13)4-25(8)10(21-9)11-22-23-12(28-11)14(17,18)19/h3-4,24H,1-2H2. The summed E-state index contributed by atoms with van der Waals surface area (Å²) < 4.78 is 67.7. The molecule has 29 heavy (non-hydrogen) atoms. The highest BCUT2D eigenvalue weighted by Crippen LogP contribution is 2.39. The highest BCUT2D eigenvalue weighted by Gasteiger charge is 2.47. The van der Waals surface area contributed by atoms with Gasteiger partial charge in [-0.15, -0.1) is 10.2 Å². The van der Waals surface area contributed by atoms with Crippen LogP contribution in [0.4, 0.5) is 13.2 Å². The molecule has 3 aromatic rings. The van der Waals surface area contributed by atoms with Crippen LogP contribution in [0.25, 0.3) is 16.3 Å². The average molecular weight is 528 g/mol. The monoisotopic (exact) mass is 526 g/mol.